The lowest BCUT2D eigenvalue weighted by Gasteiger charge is -2.35. The number of amides is 1. The highest BCUT2D eigenvalue weighted by Crippen LogP contribution is 2.30. The van der Waals surface area contributed by atoms with Crippen molar-refractivity contribution in [2.45, 2.75) is 12.3 Å². The number of likely N-dealkylation sites (N-methyl/N-ethyl adjacent to an activating group) is 1. The Morgan fingerprint density at radius 2 is 2.10 bits per heavy atom. The lowest BCUT2D eigenvalue weighted by Crippen LogP contribution is -2.51. The van der Waals surface area contributed by atoms with Crippen LogP contribution in [0.5, 0.6) is 0 Å². The van der Waals surface area contributed by atoms with Gasteiger partial charge in [0.05, 0.1) is 30.3 Å². The summed E-state index contributed by atoms with van der Waals surface area (Å²) >= 11 is 0. The third kappa shape index (κ3) is 3.99. The number of hydrazine groups is 1. The standard InChI is InChI=1S/C18H28FN9O/c1-21-14-7-13(27-5-3-26(2)4-6-27)12(9-22-14)24-18(29)15-16(20)25-28-10-11(19)8-23-17(15)28/h7-9,15-17,23,25H,3-6,10,20H2,1-2H3,(H,21,22)(H,24,29). The summed E-state index contributed by atoms with van der Waals surface area (Å²) in [5.41, 5.74) is 10.7. The Kier molecular flexibility index (Phi) is 5.54. The lowest BCUT2D eigenvalue weighted by molar-refractivity contribution is -0.121. The van der Waals surface area contributed by atoms with Gasteiger partial charge in [-0.05, 0) is 7.05 Å². The molecule has 0 spiro atoms. The first-order chi connectivity index (χ1) is 14.0. The molecule has 1 amide bonds. The van der Waals surface area contributed by atoms with Crippen LogP contribution >= 0.6 is 0 Å². The van der Waals surface area contributed by atoms with Crippen LogP contribution in [0, 0.1) is 5.92 Å². The van der Waals surface area contributed by atoms with E-state index in [0.29, 0.717) is 5.69 Å². The molecule has 29 heavy (non-hydrogen) atoms. The Labute approximate surface area is 169 Å². The number of halogens is 1. The monoisotopic (exact) mass is 405 g/mol. The Bertz CT molecular complexity index is 796. The van der Waals surface area contributed by atoms with E-state index >= 15 is 0 Å². The second-order valence-corrected chi connectivity index (χ2v) is 7.63. The highest BCUT2D eigenvalue weighted by molar-refractivity contribution is 5.97. The van der Waals surface area contributed by atoms with E-state index in [-0.39, 0.29) is 18.3 Å². The lowest BCUT2D eigenvalue weighted by atomic mass is 10.0. The van der Waals surface area contributed by atoms with Gasteiger partial charge < -0.3 is 31.5 Å². The average Bonchev–Trinajstić information content (AvgIpc) is 3.03. The molecule has 4 rings (SSSR count). The highest BCUT2D eigenvalue weighted by atomic mass is 19.1. The number of carbonyl (C=O) groups excluding carboxylic acids is 1. The molecule has 1 aromatic heterocycles. The molecule has 0 aliphatic carbocycles. The molecule has 3 aliphatic rings. The Morgan fingerprint density at radius 3 is 2.83 bits per heavy atom. The normalized spacial score (nSPS) is 27.8. The van der Waals surface area contributed by atoms with Gasteiger partial charge >= 0.3 is 0 Å². The maximum Gasteiger partial charge on any atom is 0.234 e. The van der Waals surface area contributed by atoms with E-state index in [9.17, 15) is 9.18 Å². The average molecular weight is 405 g/mol. The fourth-order valence-corrected chi connectivity index (χ4v) is 3.97. The summed E-state index contributed by atoms with van der Waals surface area (Å²) in [7, 11) is 3.91. The van der Waals surface area contributed by atoms with Crippen LogP contribution in [-0.4, -0.2) is 80.0 Å². The van der Waals surface area contributed by atoms with Crippen LogP contribution in [0.15, 0.2) is 24.3 Å². The molecular formula is C18H28FN9O. The molecule has 2 saturated heterocycles. The molecule has 0 radical (unpaired) electrons. The van der Waals surface area contributed by atoms with E-state index in [1.165, 1.54) is 6.20 Å². The van der Waals surface area contributed by atoms with Crippen LogP contribution in [0.3, 0.4) is 0 Å². The number of rotatable bonds is 4. The maximum atomic E-state index is 13.5. The van der Waals surface area contributed by atoms with Crippen molar-refractivity contribution in [3.05, 3.63) is 24.3 Å². The molecular weight excluding hydrogens is 377 g/mol. The quantitative estimate of drug-likeness (QED) is 0.443. The van der Waals surface area contributed by atoms with Crippen LogP contribution in [0.1, 0.15) is 0 Å². The van der Waals surface area contributed by atoms with Gasteiger partial charge in [0.1, 0.15) is 23.7 Å². The maximum absolute atomic E-state index is 13.5. The summed E-state index contributed by atoms with van der Waals surface area (Å²) in [6.07, 6.45) is 1.92. The van der Waals surface area contributed by atoms with Crippen LogP contribution < -0.4 is 32.0 Å². The Morgan fingerprint density at radius 1 is 1.34 bits per heavy atom. The molecule has 0 saturated carbocycles. The Hall–Kier alpha value is -2.47. The van der Waals surface area contributed by atoms with E-state index in [2.05, 4.69) is 43.2 Å². The number of anilines is 3. The largest absolute Gasteiger partial charge is 0.373 e. The SMILES string of the molecule is CNc1cc(N2CCN(C)CC2)c(NC(=O)C2C(N)NN3CC(F)=CNC23)cn1. The van der Waals surface area contributed by atoms with Crippen molar-refractivity contribution in [3.8, 4) is 0 Å². The first-order valence-corrected chi connectivity index (χ1v) is 9.77. The van der Waals surface area contributed by atoms with E-state index in [0.717, 1.165) is 37.7 Å². The molecule has 3 atom stereocenters. The first-order valence-electron chi connectivity index (χ1n) is 9.77. The van der Waals surface area contributed by atoms with Gasteiger partial charge in [-0.1, -0.05) is 0 Å². The van der Waals surface area contributed by atoms with Crippen LogP contribution in [0.25, 0.3) is 0 Å². The molecule has 4 heterocycles. The summed E-state index contributed by atoms with van der Waals surface area (Å²) < 4.78 is 13.5. The van der Waals surface area contributed by atoms with Crippen LogP contribution in [-0.2, 0) is 4.79 Å². The molecule has 10 nitrogen and oxygen atoms in total. The van der Waals surface area contributed by atoms with Crippen molar-refractivity contribution in [2.24, 2.45) is 11.7 Å². The smallest absolute Gasteiger partial charge is 0.234 e. The van der Waals surface area contributed by atoms with Crippen LogP contribution in [0.4, 0.5) is 21.6 Å². The van der Waals surface area contributed by atoms with Gasteiger partial charge in [0, 0.05) is 45.5 Å². The summed E-state index contributed by atoms with van der Waals surface area (Å²) in [5.74, 6) is -0.415. The number of hydrogen-bond donors (Lipinski definition) is 5. The molecule has 3 unspecified atom stereocenters. The summed E-state index contributed by atoms with van der Waals surface area (Å²) in [4.78, 5) is 22.0. The Balaban J connectivity index is 1.55. The second-order valence-electron chi connectivity index (χ2n) is 7.63. The third-order valence-electron chi connectivity index (χ3n) is 5.65. The summed E-state index contributed by atoms with van der Waals surface area (Å²) in [5, 5.41) is 10.6. The predicted molar refractivity (Wildman–Crippen MR) is 110 cm³/mol. The van der Waals surface area contributed by atoms with Crippen molar-refractivity contribution in [1.82, 2.24) is 25.6 Å². The highest BCUT2D eigenvalue weighted by Gasteiger charge is 2.45. The van der Waals surface area contributed by atoms with Crippen molar-refractivity contribution in [2.75, 3.05) is 62.4 Å². The third-order valence-corrected chi connectivity index (χ3v) is 5.65. The van der Waals surface area contributed by atoms with Crippen molar-refractivity contribution >= 4 is 23.1 Å². The minimum Gasteiger partial charge on any atom is -0.373 e. The second kappa shape index (κ2) is 8.11. The minimum atomic E-state index is -0.622. The molecule has 2 fully saturated rings. The summed E-state index contributed by atoms with van der Waals surface area (Å²) in [6, 6.07) is 1.94. The first kappa shape index (κ1) is 19.8. The van der Waals surface area contributed by atoms with E-state index < -0.39 is 18.2 Å². The number of nitrogens with one attached hydrogen (secondary N) is 4. The van der Waals surface area contributed by atoms with Gasteiger partial charge in [-0.25, -0.2) is 19.8 Å². The fourth-order valence-electron chi connectivity index (χ4n) is 3.97. The number of carbonyl (C=O) groups is 1. The number of hydrogen-bond acceptors (Lipinski definition) is 9. The number of nitrogens with zero attached hydrogens (tertiary/aromatic N) is 4. The zero-order valence-electron chi connectivity index (χ0n) is 16.7. The molecule has 3 aliphatic heterocycles. The van der Waals surface area contributed by atoms with Gasteiger partial charge in [0.2, 0.25) is 5.91 Å². The predicted octanol–water partition coefficient (Wildman–Crippen LogP) is -0.725. The molecule has 0 aromatic carbocycles. The number of aromatic nitrogens is 1. The molecule has 158 valence electrons. The van der Waals surface area contributed by atoms with E-state index in [1.54, 1.807) is 11.2 Å². The van der Waals surface area contributed by atoms with Crippen LogP contribution in [0.2, 0.25) is 0 Å². The fraction of sp³-hybridized carbons (Fsp3) is 0.556. The summed E-state index contributed by atoms with van der Waals surface area (Å²) in [6.45, 7) is 3.68. The number of piperazine rings is 1. The molecule has 1 aromatic rings. The van der Waals surface area contributed by atoms with Gasteiger partial charge in [0.25, 0.3) is 0 Å². The topological polar surface area (TPSA) is 114 Å². The van der Waals surface area contributed by atoms with E-state index in [4.69, 9.17) is 5.73 Å². The van der Waals surface area contributed by atoms with Gasteiger partial charge in [-0.2, -0.15) is 0 Å². The molecule has 6 N–H and O–H groups in total. The molecule has 0 bridgehead atoms. The number of nitrogens with two attached hydrogens (primary N) is 1. The van der Waals surface area contributed by atoms with Gasteiger partial charge in [0.15, 0.2) is 0 Å². The van der Waals surface area contributed by atoms with Gasteiger partial charge in [-0.15, -0.1) is 0 Å². The van der Waals surface area contributed by atoms with E-state index in [1.807, 2.05) is 13.1 Å². The zero-order valence-corrected chi connectivity index (χ0v) is 16.7. The van der Waals surface area contributed by atoms with Crippen molar-refractivity contribution in [1.29, 1.82) is 0 Å². The van der Waals surface area contributed by atoms with Gasteiger partial charge in [-0.3, -0.25) is 4.79 Å². The number of pyridine rings is 1. The van der Waals surface area contributed by atoms with Crippen molar-refractivity contribution < 1.29 is 9.18 Å². The van der Waals surface area contributed by atoms with Crippen molar-refractivity contribution in [3.63, 3.8) is 0 Å². The zero-order chi connectivity index (χ0) is 20.5. The number of fused-ring (bicyclic) bond motifs is 1. The molecule has 11 heteroatoms. The minimum absolute atomic E-state index is 0.0696.